The van der Waals surface area contributed by atoms with Crippen molar-refractivity contribution in [3.05, 3.63) is 17.0 Å². The van der Waals surface area contributed by atoms with Crippen molar-refractivity contribution in [3.8, 4) is 0 Å². The van der Waals surface area contributed by atoms with Gasteiger partial charge in [-0.25, -0.2) is 4.79 Å². The van der Waals surface area contributed by atoms with Crippen LogP contribution in [-0.4, -0.2) is 44.7 Å². The van der Waals surface area contributed by atoms with E-state index in [0.29, 0.717) is 35.1 Å². The van der Waals surface area contributed by atoms with E-state index in [4.69, 9.17) is 9.63 Å². The van der Waals surface area contributed by atoms with Gasteiger partial charge in [-0.1, -0.05) is 12.1 Å². The SMILES string of the molecule is CCc1noc(C)c1C(=O)N1CSC[C@@H]1C(=O)O. The summed E-state index contributed by atoms with van der Waals surface area (Å²) in [7, 11) is 0. The van der Waals surface area contributed by atoms with Crippen molar-refractivity contribution in [1.29, 1.82) is 0 Å². The number of aryl methyl sites for hydroxylation is 2. The number of carbonyl (C=O) groups is 2. The maximum atomic E-state index is 12.4. The van der Waals surface area contributed by atoms with E-state index in [9.17, 15) is 9.59 Å². The molecule has 0 aliphatic carbocycles. The number of hydrogen-bond donors (Lipinski definition) is 1. The predicted octanol–water partition coefficient (Wildman–Crippen LogP) is 1.15. The monoisotopic (exact) mass is 270 g/mol. The molecular formula is C11H14N2O4S. The van der Waals surface area contributed by atoms with Crippen molar-refractivity contribution in [2.75, 3.05) is 11.6 Å². The van der Waals surface area contributed by atoms with Crippen LogP contribution < -0.4 is 0 Å². The molecule has 0 radical (unpaired) electrons. The van der Waals surface area contributed by atoms with Crippen LogP contribution in [0.4, 0.5) is 0 Å². The smallest absolute Gasteiger partial charge is 0.327 e. The molecule has 1 aromatic rings. The van der Waals surface area contributed by atoms with Gasteiger partial charge in [0.15, 0.2) is 0 Å². The second kappa shape index (κ2) is 5.01. The van der Waals surface area contributed by atoms with Gasteiger partial charge in [0, 0.05) is 5.75 Å². The molecule has 1 aromatic heterocycles. The van der Waals surface area contributed by atoms with Crippen molar-refractivity contribution in [1.82, 2.24) is 10.1 Å². The van der Waals surface area contributed by atoms with Crippen LogP contribution in [0.25, 0.3) is 0 Å². The molecule has 0 bridgehead atoms. The average molecular weight is 270 g/mol. The molecule has 1 saturated heterocycles. The van der Waals surface area contributed by atoms with Gasteiger partial charge in [0.05, 0.1) is 11.6 Å². The normalized spacial score (nSPS) is 19.2. The van der Waals surface area contributed by atoms with Crippen LogP contribution in [-0.2, 0) is 11.2 Å². The first-order chi connectivity index (χ1) is 8.56. The molecule has 18 heavy (non-hydrogen) atoms. The molecule has 1 atom stereocenters. The van der Waals surface area contributed by atoms with Gasteiger partial charge in [0.2, 0.25) is 0 Å². The first-order valence-corrected chi connectivity index (χ1v) is 6.78. The highest BCUT2D eigenvalue weighted by molar-refractivity contribution is 7.99. The van der Waals surface area contributed by atoms with Crippen LogP contribution in [0.2, 0.25) is 0 Å². The molecule has 1 amide bonds. The van der Waals surface area contributed by atoms with E-state index in [1.807, 2.05) is 6.92 Å². The summed E-state index contributed by atoms with van der Waals surface area (Å²) in [6.45, 7) is 3.54. The third-order valence-electron chi connectivity index (χ3n) is 2.91. The molecule has 0 spiro atoms. The van der Waals surface area contributed by atoms with Gasteiger partial charge in [0.25, 0.3) is 5.91 Å². The summed E-state index contributed by atoms with van der Waals surface area (Å²) in [6, 6.07) is -0.762. The molecule has 0 aromatic carbocycles. The Bertz CT molecular complexity index is 485. The van der Waals surface area contributed by atoms with Gasteiger partial charge in [-0.05, 0) is 13.3 Å². The number of carbonyl (C=O) groups excluding carboxylic acids is 1. The number of hydrogen-bond acceptors (Lipinski definition) is 5. The minimum absolute atomic E-state index is 0.303. The van der Waals surface area contributed by atoms with E-state index in [2.05, 4.69) is 5.16 Å². The maximum absolute atomic E-state index is 12.4. The van der Waals surface area contributed by atoms with Crippen molar-refractivity contribution in [2.24, 2.45) is 0 Å². The van der Waals surface area contributed by atoms with Crippen molar-refractivity contribution in [2.45, 2.75) is 26.3 Å². The minimum atomic E-state index is -0.972. The Hall–Kier alpha value is -1.50. The Morgan fingerprint density at radius 1 is 1.61 bits per heavy atom. The summed E-state index contributed by atoms with van der Waals surface area (Å²) in [5.74, 6) is -0.0161. The molecular weight excluding hydrogens is 256 g/mol. The standard InChI is InChI=1S/C11H14N2O4S/c1-3-7-9(6(2)17-12-7)10(14)13-5-18-4-8(13)11(15)16/h8H,3-5H2,1-2H3,(H,15,16)/t8-/m1/s1. The van der Waals surface area contributed by atoms with Crippen LogP contribution in [0, 0.1) is 6.92 Å². The van der Waals surface area contributed by atoms with Gasteiger partial charge in [-0.3, -0.25) is 4.79 Å². The molecule has 98 valence electrons. The second-order valence-corrected chi connectivity index (χ2v) is 5.04. The molecule has 0 unspecified atom stereocenters. The lowest BCUT2D eigenvalue weighted by Crippen LogP contribution is -2.42. The van der Waals surface area contributed by atoms with Crippen LogP contribution >= 0.6 is 11.8 Å². The van der Waals surface area contributed by atoms with Gasteiger partial charge in [-0.2, -0.15) is 0 Å². The molecule has 0 saturated carbocycles. The highest BCUT2D eigenvalue weighted by atomic mass is 32.2. The summed E-state index contributed by atoms with van der Waals surface area (Å²) in [5.41, 5.74) is 0.991. The van der Waals surface area contributed by atoms with Crippen LogP contribution in [0.5, 0.6) is 0 Å². The molecule has 1 aliphatic heterocycles. The Labute approximate surface area is 108 Å². The largest absolute Gasteiger partial charge is 0.480 e. The minimum Gasteiger partial charge on any atom is -0.480 e. The lowest BCUT2D eigenvalue weighted by atomic mass is 10.1. The van der Waals surface area contributed by atoms with Gasteiger partial charge in [0.1, 0.15) is 17.4 Å². The van der Waals surface area contributed by atoms with E-state index < -0.39 is 12.0 Å². The number of thioether (sulfide) groups is 1. The van der Waals surface area contributed by atoms with Gasteiger partial charge < -0.3 is 14.5 Å². The summed E-state index contributed by atoms with van der Waals surface area (Å²) in [4.78, 5) is 24.8. The molecule has 2 heterocycles. The highest BCUT2D eigenvalue weighted by Crippen LogP contribution is 2.25. The average Bonchev–Trinajstić information content (AvgIpc) is 2.94. The number of amides is 1. The first kappa shape index (κ1) is 12.9. The molecule has 1 fully saturated rings. The van der Waals surface area contributed by atoms with Gasteiger partial charge >= 0.3 is 5.97 Å². The van der Waals surface area contributed by atoms with E-state index in [0.717, 1.165) is 0 Å². The topological polar surface area (TPSA) is 83.6 Å². The second-order valence-electron chi connectivity index (χ2n) is 4.04. The summed E-state index contributed by atoms with van der Waals surface area (Å²) >= 11 is 1.44. The summed E-state index contributed by atoms with van der Waals surface area (Å²) < 4.78 is 5.01. The fraction of sp³-hybridized carbons (Fsp3) is 0.545. The Morgan fingerprint density at radius 3 is 2.94 bits per heavy atom. The lowest BCUT2D eigenvalue weighted by molar-refractivity contribution is -0.140. The third-order valence-corrected chi connectivity index (χ3v) is 3.92. The quantitative estimate of drug-likeness (QED) is 0.887. The van der Waals surface area contributed by atoms with Gasteiger partial charge in [-0.15, -0.1) is 11.8 Å². The fourth-order valence-corrected chi connectivity index (χ4v) is 3.07. The predicted molar refractivity (Wildman–Crippen MR) is 65.5 cm³/mol. The lowest BCUT2D eigenvalue weighted by Gasteiger charge is -2.20. The number of nitrogens with zero attached hydrogens (tertiary/aromatic N) is 2. The molecule has 6 nitrogen and oxygen atoms in total. The van der Waals surface area contributed by atoms with Crippen molar-refractivity contribution >= 4 is 23.6 Å². The van der Waals surface area contributed by atoms with Crippen LogP contribution in [0.1, 0.15) is 28.7 Å². The zero-order valence-corrected chi connectivity index (χ0v) is 11.0. The fourth-order valence-electron chi connectivity index (χ4n) is 1.92. The maximum Gasteiger partial charge on any atom is 0.327 e. The number of aliphatic carboxylic acids is 1. The van der Waals surface area contributed by atoms with Crippen molar-refractivity contribution < 1.29 is 19.2 Å². The van der Waals surface area contributed by atoms with E-state index in [1.54, 1.807) is 6.92 Å². The Kier molecular flexibility index (Phi) is 3.60. The third kappa shape index (κ3) is 2.10. The zero-order valence-electron chi connectivity index (χ0n) is 10.2. The van der Waals surface area contributed by atoms with Crippen LogP contribution in [0.15, 0.2) is 4.52 Å². The number of rotatable bonds is 3. The molecule has 1 N–H and O–H groups in total. The van der Waals surface area contributed by atoms with E-state index in [1.165, 1.54) is 16.7 Å². The molecule has 7 heteroatoms. The Morgan fingerprint density at radius 2 is 2.33 bits per heavy atom. The summed E-state index contributed by atoms with van der Waals surface area (Å²) in [5, 5.41) is 12.9. The van der Waals surface area contributed by atoms with Crippen molar-refractivity contribution in [3.63, 3.8) is 0 Å². The van der Waals surface area contributed by atoms with Crippen LogP contribution in [0.3, 0.4) is 0 Å². The van der Waals surface area contributed by atoms with E-state index >= 15 is 0 Å². The Balaban J connectivity index is 2.30. The number of carboxylic acid groups (broad SMARTS) is 1. The molecule has 2 rings (SSSR count). The number of aromatic nitrogens is 1. The van der Waals surface area contributed by atoms with E-state index in [-0.39, 0.29) is 5.91 Å². The summed E-state index contributed by atoms with van der Waals surface area (Å²) in [6.07, 6.45) is 0.580. The molecule has 1 aliphatic rings. The zero-order chi connectivity index (χ0) is 13.3. The number of carboxylic acids is 1. The first-order valence-electron chi connectivity index (χ1n) is 5.63. The highest BCUT2D eigenvalue weighted by Gasteiger charge is 2.37.